The van der Waals surface area contributed by atoms with Crippen LogP contribution in [0, 0.1) is 0 Å². The number of nitrogens with zero attached hydrogens (tertiary/aromatic N) is 5. The van der Waals surface area contributed by atoms with Crippen LogP contribution in [-0.4, -0.2) is 31.8 Å². The number of unbranched alkanes of at least 4 members (excludes halogenated alkanes) is 5. The van der Waals surface area contributed by atoms with Gasteiger partial charge in [-0.25, -0.2) is 4.79 Å². The lowest BCUT2D eigenvalue weighted by Crippen LogP contribution is -2.40. The molecule has 1 aliphatic rings. The van der Waals surface area contributed by atoms with E-state index in [0.717, 1.165) is 43.7 Å². The summed E-state index contributed by atoms with van der Waals surface area (Å²) >= 11 is 0. The second-order valence-corrected chi connectivity index (χ2v) is 8.73. The SMILES string of the molecule is CCCCCCCCn1c(=O)c2c(nc3n2CCCN3c2ccc(OCC)cc2)n(C)c1=O. The van der Waals surface area contributed by atoms with Crippen molar-refractivity contribution >= 4 is 22.8 Å². The Hall–Kier alpha value is -3.03. The Labute approximate surface area is 194 Å². The summed E-state index contributed by atoms with van der Waals surface area (Å²) in [6, 6.07) is 7.92. The van der Waals surface area contributed by atoms with Gasteiger partial charge < -0.3 is 14.2 Å². The molecule has 0 aliphatic carbocycles. The van der Waals surface area contributed by atoms with E-state index in [1.165, 1.54) is 28.4 Å². The minimum atomic E-state index is -0.288. The molecule has 0 radical (unpaired) electrons. The van der Waals surface area contributed by atoms with Crippen molar-refractivity contribution in [1.82, 2.24) is 18.7 Å². The minimum absolute atomic E-state index is 0.228. The molecule has 33 heavy (non-hydrogen) atoms. The lowest BCUT2D eigenvalue weighted by Gasteiger charge is -2.29. The maximum atomic E-state index is 13.4. The topological polar surface area (TPSA) is 74.3 Å². The molecule has 178 valence electrons. The maximum absolute atomic E-state index is 13.4. The standard InChI is InChI=1S/C25H35N5O3/c1-4-6-7-8-9-10-16-30-23(31)21-22(27(3)25(30)32)26-24-28(17-11-18-29(21)24)19-12-14-20(15-13-19)33-5-2/h12-15H,4-11,16-18H2,1-3H3. The Morgan fingerprint density at radius 3 is 2.42 bits per heavy atom. The fraction of sp³-hybridized carbons (Fsp3) is 0.560. The van der Waals surface area contributed by atoms with Gasteiger partial charge in [-0.2, -0.15) is 4.98 Å². The van der Waals surface area contributed by atoms with Crippen LogP contribution in [-0.2, 0) is 20.1 Å². The van der Waals surface area contributed by atoms with E-state index < -0.39 is 0 Å². The first-order chi connectivity index (χ1) is 16.1. The van der Waals surface area contributed by atoms with E-state index in [9.17, 15) is 9.59 Å². The van der Waals surface area contributed by atoms with Crippen molar-refractivity contribution in [2.45, 2.75) is 71.9 Å². The summed E-state index contributed by atoms with van der Waals surface area (Å²) in [5, 5.41) is 0. The summed E-state index contributed by atoms with van der Waals surface area (Å²) in [5.74, 6) is 1.54. The van der Waals surface area contributed by atoms with Crippen LogP contribution in [0.5, 0.6) is 5.75 Å². The van der Waals surface area contributed by atoms with Gasteiger partial charge in [-0.1, -0.05) is 39.0 Å². The van der Waals surface area contributed by atoms with Crippen molar-refractivity contribution in [2.24, 2.45) is 7.05 Å². The quantitative estimate of drug-likeness (QED) is 0.430. The van der Waals surface area contributed by atoms with Gasteiger partial charge in [0.05, 0.1) is 6.61 Å². The van der Waals surface area contributed by atoms with Gasteiger partial charge in [0, 0.05) is 32.4 Å². The van der Waals surface area contributed by atoms with Crippen molar-refractivity contribution in [3.8, 4) is 5.75 Å². The predicted octanol–water partition coefficient (Wildman–Crippen LogP) is 4.20. The molecule has 0 N–H and O–H groups in total. The molecule has 0 unspecified atom stereocenters. The van der Waals surface area contributed by atoms with Crippen molar-refractivity contribution in [3.05, 3.63) is 45.1 Å². The highest BCUT2D eigenvalue weighted by Gasteiger charge is 2.26. The van der Waals surface area contributed by atoms with Crippen LogP contribution < -0.4 is 20.9 Å². The van der Waals surface area contributed by atoms with Crippen LogP contribution >= 0.6 is 0 Å². The van der Waals surface area contributed by atoms with Crippen LogP contribution in [0.2, 0.25) is 0 Å². The van der Waals surface area contributed by atoms with Gasteiger partial charge in [0.2, 0.25) is 5.95 Å². The molecule has 1 aromatic carbocycles. The zero-order valence-corrected chi connectivity index (χ0v) is 20.0. The fourth-order valence-electron chi connectivity index (χ4n) is 4.65. The number of aryl methyl sites for hydroxylation is 2. The summed E-state index contributed by atoms with van der Waals surface area (Å²) in [5.41, 5.74) is 1.45. The molecule has 0 amide bonds. The number of anilines is 2. The van der Waals surface area contributed by atoms with E-state index in [-0.39, 0.29) is 11.2 Å². The first kappa shape index (κ1) is 23.1. The van der Waals surface area contributed by atoms with Crippen molar-refractivity contribution in [1.29, 1.82) is 0 Å². The Morgan fingerprint density at radius 1 is 0.970 bits per heavy atom. The maximum Gasteiger partial charge on any atom is 0.332 e. The third-order valence-corrected chi connectivity index (χ3v) is 6.41. The van der Waals surface area contributed by atoms with E-state index >= 15 is 0 Å². The van der Waals surface area contributed by atoms with Gasteiger partial charge in [0.15, 0.2) is 11.2 Å². The molecule has 0 saturated carbocycles. The van der Waals surface area contributed by atoms with Crippen molar-refractivity contribution in [2.75, 3.05) is 18.1 Å². The van der Waals surface area contributed by atoms with E-state index in [4.69, 9.17) is 9.72 Å². The van der Waals surface area contributed by atoms with Crippen LogP contribution in [0.4, 0.5) is 11.6 Å². The number of hydrogen-bond acceptors (Lipinski definition) is 5. The van der Waals surface area contributed by atoms with Gasteiger partial charge in [0.25, 0.3) is 5.56 Å². The van der Waals surface area contributed by atoms with Gasteiger partial charge in [-0.05, 0) is 44.0 Å². The molecular weight excluding hydrogens is 418 g/mol. The molecule has 0 spiro atoms. The highest BCUT2D eigenvalue weighted by molar-refractivity contribution is 5.77. The molecule has 3 aromatic rings. The number of hydrogen-bond donors (Lipinski definition) is 0. The van der Waals surface area contributed by atoms with Crippen LogP contribution in [0.3, 0.4) is 0 Å². The molecule has 2 aromatic heterocycles. The third kappa shape index (κ3) is 4.56. The molecule has 0 fully saturated rings. The lowest BCUT2D eigenvalue weighted by atomic mass is 10.1. The van der Waals surface area contributed by atoms with E-state index in [2.05, 4.69) is 11.8 Å². The largest absolute Gasteiger partial charge is 0.494 e. The number of rotatable bonds is 10. The van der Waals surface area contributed by atoms with E-state index in [0.29, 0.717) is 36.8 Å². The Kier molecular flexibility index (Phi) is 7.20. The smallest absolute Gasteiger partial charge is 0.332 e. The van der Waals surface area contributed by atoms with E-state index in [1.54, 1.807) is 7.05 Å². The van der Waals surface area contributed by atoms with Crippen LogP contribution in [0.1, 0.15) is 58.8 Å². The summed E-state index contributed by atoms with van der Waals surface area (Å²) in [7, 11) is 1.71. The normalized spacial score (nSPS) is 13.5. The summed E-state index contributed by atoms with van der Waals surface area (Å²) < 4.78 is 10.5. The molecular formula is C25H35N5O3. The second kappa shape index (κ2) is 10.3. The molecule has 1 aliphatic heterocycles. The number of ether oxygens (including phenoxy) is 1. The van der Waals surface area contributed by atoms with Crippen molar-refractivity contribution < 1.29 is 4.74 Å². The van der Waals surface area contributed by atoms with Gasteiger partial charge in [0.1, 0.15) is 5.75 Å². The number of fused-ring (bicyclic) bond motifs is 3. The molecule has 0 bridgehead atoms. The Morgan fingerprint density at radius 2 is 1.70 bits per heavy atom. The monoisotopic (exact) mass is 453 g/mol. The zero-order valence-electron chi connectivity index (χ0n) is 20.0. The predicted molar refractivity (Wildman–Crippen MR) is 132 cm³/mol. The molecule has 4 rings (SSSR count). The Bertz CT molecular complexity index is 1210. The number of benzene rings is 1. The van der Waals surface area contributed by atoms with Gasteiger partial charge in [-0.3, -0.25) is 13.9 Å². The molecule has 3 heterocycles. The fourth-order valence-corrected chi connectivity index (χ4v) is 4.65. The van der Waals surface area contributed by atoms with Gasteiger partial charge >= 0.3 is 5.69 Å². The number of imidazole rings is 1. The average molecular weight is 454 g/mol. The Balaban J connectivity index is 1.67. The molecule has 0 saturated heterocycles. The first-order valence-corrected chi connectivity index (χ1v) is 12.3. The van der Waals surface area contributed by atoms with Gasteiger partial charge in [-0.15, -0.1) is 0 Å². The zero-order chi connectivity index (χ0) is 23.4. The second-order valence-electron chi connectivity index (χ2n) is 8.73. The van der Waals surface area contributed by atoms with Crippen molar-refractivity contribution in [3.63, 3.8) is 0 Å². The first-order valence-electron chi connectivity index (χ1n) is 12.3. The summed E-state index contributed by atoms with van der Waals surface area (Å²) in [4.78, 5) is 33.3. The molecule has 8 heteroatoms. The van der Waals surface area contributed by atoms with Crippen LogP contribution in [0.25, 0.3) is 11.2 Å². The molecule has 0 atom stereocenters. The van der Waals surface area contributed by atoms with Crippen LogP contribution in [0.15, 0.2) is 33.9 Å². The summed E-state index contributed by atoms with van der Waals surface area (Å²) in [6.45, 7) is 6.75. The highest BCUT2D eigenvalue weighted by atomic mass is 16.5. The minimum Gasteiger partial charge on any atom is -0.494 e. The highest BCUT2D eigenvalue weighted by Crippen LogP contribution is 2.31. The third-order valence-electron chi connectivity index (χ3n) is 6.41. The molecule has 8 nitrogen and oxygen atoms in total. The average Bonchev–Trinajstić information content (AvgIpc) is 3.23. The number of aromatic nitrogens is 4. The van der Waals surface area contributed by atoms with E-state index in [1.807, 2.05) is 35.8 Å². The summed E-state index contributed by atoms with van der Waals surface area (Å²) in [6.07, 6.45) is 7.56. The lowest BCUT2D eigenvalue weighted by molar-refractivity contribution is 0.340.